The van der Waals surface area contributed by atoms with Gasteiger partial charge in [-0.3, -0.25) is 4.90 Å². The lowest BCUT2D eigenvalue weighted by atomic mass is 10.1. The molecule has 1 aromatic rings. The maximum atomic E-state index is 9.05. The summed E-state index contributed by atoms with van der Waals surface area (Å²) in [5, 5.41) is 18.1. The second-order valence-electron chi connectivity index (χ2n) is 4.96. The first-order valence-electron chi connectivity index (χ1n) is 7.20. The summed E-state index contributed by atoms with van der Waals surface area (Å²) < 4.78 is 10.6. The molecule has 122 valence electrons. The number of nitrogens with zero attached hydrogens (tertiary/aromatic N) is 1. The molecule has 2 N–H and O–H groups in total. The number of rotatable bonds is 11. The Labute approximate surface area is 132 Å². The van der Waals surface area contributed by atoms with Gasteiger partial charge in [0, 0.05) is 25.2 Å². The Kier molecular flexibility index (Phi) is 8.28. The Morgan fingerprint density at radius 1 is 1.14 bits per heavy atom. The average molecular weight is 307 g/mol. The molecule has 0 aliphatic carbocycles. The molecule has 0 saturated carbocycles. The van der Waals surface area contributed by atoms with Crippen molar-refractivity contribution in [2.75, 3.05) is 33.1 Å². The number of aliphatic hydroxyl groups is 2. The molecule has 0 heterocycles. The molecule has 0 unspecified atom stereocenters. The zero-order valence-corrected chi connectivity index (χ0v) is 13.1. The number of hydrogen-bond acceptors (Lipinski definition) is 5. The van der Waals surface area contributed by atoms with E-state index < -0.39 is 0 Å². The molecule has 0 atom stereocenters. The molecular formula is C17H25NO4. The van der Waals surface area contributed by atoms with Crippen LogP contribution in [0.4, 0.5) is 0 Å². The largest absolute Gasteiger partial charge is 0.463 e. The molecule has 0 amide bonds. The van der Waals surface area contributed by atoms with E-state index in [1.807, 2.05) is 29.2 Å². The van der Waals surface area contributed by atoms with Crippen LogP contribution in [-0.2, 0) is 16.0 Å². The van der Waals surface area contributed by atoms with Crippen molar-refractivity contribution in [3.63, 3.8) is 0 Å². The van der Waals surface area contributed by atoms with Gasteiger partial charge in [0.15, 0.2) is 0 Å². The van der Waals surface area contributed by atoms with Crippen LogP contribution >= 0.6 is 0 Å². The molecular weight excluding hydrogens is 282 g/mol. The zero-order chi connectivity index (χ0) is 16.4. The van der Waals surface area contributed by atoms with Gasteiger partial charge in [0.25, 0.3) is 0 Å². The van der Waals surface area contributed by atoms with Crippen LogP contribution in [0.5, 0.6) is 0 Å². The SMILES string of the molecule is C=C(C)OCOC(=C)c1cccc(CN(CCO)CCO)c1. The fourth-order valence-electron chi connectivity index (χ4n) is 1.94. The maximum absolute atomic E-state index is 9.05. The van der Waals surface area contributed by atoms with Crippen LogP contribution in [0.1, 0.15) is 18.1 Å². The highest BCUT2D eigenvalue weighted by Crippen LogP contribution is 2.17. The molecule has 0 aliphatic rings. The molecule has 5 heteroatoms. The third kappa shape index (κ3) is 6.76. The van der Waals surface area contributed by atoms with Crippen molar-refractivity contribution in [1.29, 1.82) is 0 Å². The molecule has 22 heavy (non-hydrogen) atoms. The van der Waals surface area contributed by atoms with E-state index in [1.54, 1.807) is 6.92 Å². The third-order valence-electron chi connectivity index (χ3n) is 3.03. The molecule has 0 radical (unpaired) electrons. The molecule has 0 aliphatic heterocycles. The summed E-state index contributed by atoms with van der Waals surface area (Å²) in [6.45, 7) is 11.2. The summed E-state index contributed by atoms with van der Waals surface area (Å²) in [5.41, 5.74) is 1.93. The molecule has 1 aromatic carbocycles. The van der Waals surface area contributed by atoms with E-state index in [0.29, 0.717) is 31.2 Å². The summed E-state index contributed by atoms with van der Waals surface area (Å²) in [6, 6.07) is 7.80. The molecule has 0 bridgehead atoms. The van der Waals surface area contributed by atoms with Crippen molar-refractivity contribution in [2.24, 2.45) is 0 Å². The number of benzene rings is 1. The Morgan fingerprint density at radius 2 is 1.82 bits per heavy atom. The maximum Gasteiger partial charge on any atom is 0.230 e. The number of ether oxygens (including phenoxy) is 2. The van der Waals surface area contributed by atoms with E-state index in [9.17, 15) is 0 Å². The van der Waals surface area contributed by atoms with Crippen LogP contribution in [0.15, 0.2) is 43.2 Å². The standard InChI is InChI=1S/C17H25NO4/c1-14(2)21-13-22-15(3)17-6-4-5-16(11-17)12-18(7-9-19)8-10-20/h4-6,11,19-20H,1,3,7-10,12-13H2,2H3. The highest BCUT2D eigenvalue weighted by atomic mass is 16.7. The van der Waals surface area contributed by atoms with E-state index >= 15 is 0 Å². The molecule has 0 saturated heterocycles. The van der Waals surface area contributed by atoms with Crippen molar-refractivity contribution in [3.8, 4) is 0 Å². The van der Waals surface area contributed by atoms with Crippen molar-refractivity contribution >= 4 is 5.76 Å². The number of allylic oxidation sites excluding steroid dienone is 1. The highest BCUT2D eigenvalue weighted by molar-refractivity contribution is 5.58. The van der Waals surface area contributed by atoms with Crippen LogP contribution < -0.4 is 0 Å². The summed E-state index contributed by atoms with van der Waals surface area (Å²) >= 11 is 0. The van der Waals surface area contributed by atoms with Gasteiger partial charge in [-0.2, -0.15) is 0 Å². The fourth-order valence-corrected chi connectivity index (χ4v) is 1.94. The van der Waals surface area contributed by atoms with Crippen LogP contribution in [-0.4, -0.2) is 48.2 Å². The zero-order valence-electron chi connectivity index (χ0n) is 13.1. The minimum Gasteiger partial charge on any atom is -0.463 e. The lowest BCUT2D eigenvalue weighted by molar-refractivity contribution is 0.0429. The first kappa shape index (κ1) is 18.2. The Morgan fingerprint density at radius 3 is 2.41 bits per heavy atom. The Bertz CT molecular complexity index is 481. The van der Waals surface area contributed by atoms with E-state index in [2.05, 4.69) is 13.2 Å². The second-order valence-corrected chi connectivity index (χ2v) is 4.96. The van der Waals surface area contributed by atoms with Gasteiger partial charge in [-0.1, -0.05) is 31.4 Å². The van der Waals surface area contributed by atoms with Gasteiger partial charge in [0.2, 0.25) is 6.79 Å². The van der Waals surface area contributed by atoms with Gasteiger partial charge in [0.05, 0.1) is 19.0 Å². The van der Waals surface area contributed by atoms with Crippen molar-refractivity contribution in [2.45, 2.75) is 13.5 Å². The smallest absolute Gasteiger partial charge is 0.230 e. The highest BCUT2D eigenvalue weighted by Gasteiger charge is 2.07. The van der Waals surface area contributed by atoms with E-state index in [-0.39, 0.29) is 20.0 Å². The summed E-state index contributed by atoms with van der Waals surface area (Å²) in [6.07, 6.45) is 0. The summed E-state index contributed by atoms with van der Waals surface area (Å²) in [5.74, 6) is 1.11. The minimum absolute atomic E-state index is 0.0632. The quantitative estimate of drug-likeness (QED) is 0.483. The summed E-state index contributed by atoms with van der Waals surface area (Å²) in [7, 11) is 0. The van der Waals surface area contributed by atoms with Crippen LogP contribution in [0.2, 0.25) is 0 Å². The third-order valence-corrected chi connectivity index (χ3v) is 3.03. The van der Waals surface area contributed by atoms with Crippen LogP contribution in [0.3, 0.4) is 0 Å². The second kappa shape index (κ2) is 10.00. The van der Waals surface area contributed by atoms with Gasteiger partial charge < -0.3 is 19.7 Å². The van der Waals surface area contributed by atoms with Gasteiger partial charge in [-0.15, -0.1) is 0 Å². The van der Waals surface area contributed by atoms with E-state index in [0.717, 1.165) is 11.1 Å². The number of hydrogen-bond donors (Lipinski definition) is 2. The van der Waals surface area contributed by atoms with Crippen molar-refractivity contribution in [3.05, 3.63) is 54.3 Å². The van der Waals surface area contributed by atoms with Gasteiger partial charge in [0.1, 0.15) is 5.76 Å². The predicted molar refractivity (Wildman–Crippen MR) is 86.8 cm³/mol. The monoisotopic (exact) mass is 307 g/mol. The Hall–Kier alpha value is -1.82. The van der Waals surface area contributed by atoms with Crippen LogP contribution in [0.25, 0.3) is 5.76 Å². The van der Waals surface area contributed by atoms with E-state index in [4.69, 9.17) is 19.7 Å². The molecule has 5 nitrogen and oxygen atoms in total. The first-order valence-corrected chi connectivity index (χ1v) is 7.20. The Balaban J connectivity index is 2.63. The van der Waals surface area contributed by atoms with Crippen LogP contribution in [0, 0.1) is 0 Å². The normalized spacial score (nSPS) is 10.5. The fraction of sp³-hybridized carbons (Fsp3) is 0.412. The molecule has 0 aromatic heterocycles. The molecule has 1 rings (SSSR count). The predicted octanol–water partition coefficient (Wildman–Crippen LogP) is 1.97. The van der Waals surface area contributed by atoms with E-state index in [1.165, 1.54) is 0 Å². The molecule has 0 spiro atoms. The van der Waals surface area contributed by atoms with Gasteiger partial charge in [-0.05, 0) is 18.6 Å². The minimum atomic E-state index is 0.0632. The topological polar surface area (TPSA) is 62.2 Å². The summed E-state index contributed by atoms with van der Waals surface area (Å²) in [4.78, 5) is 1.98. The lowest BCUT2D eigenvalue weighted by Crippen LogP contribution is -2.29. The van der Waals surface area contributed by atoms with Crippen molar-refractivity contribution < 1.29 is 19.7 Å². The number of aliphatic hydroxyl groups excluding tert-OH is 2. The van der Waals surface area contributed by atoms with Gasteiger partial charge in [-0.25, -0.2) is 0 Å². The average Bonchev–Trinajstić information content (AvgIpc) is 2.47. The molecule has 0 fully saturated rings. The van der Waals surface area contributed by atoms with Crippen molar-refractivity contribution in [1.82, 2.24) is 4.90 Å². The first-order chi connectivity index (χ1) is 10.6. The van der Waals surface area contributed by atoms with Gasteiger partial charge >= 0.3 is 0 Å². The lowest BCUT2D eigenvalue weighted by Gasteiger charge is -2.20.